The molecule has 0 atom stereocenters. The Bertz CT molecular complexity index is 309. The number of nitrogens with zero attached hydrogens (tertiary/aromatic N) is 1. The zero-order valence-corrected chi connectivity index (χ0v) is 12.5. The lowest BCUT2D eigenvalue weighted by Gasteiger charge is -2.23. The Labute approximate surface area is 117 Å². The zero-order chi connectivity index (χ0) is 14.1. The molecule has 108 valence electrons. The van der Waals surface area contributed by atoms with Crippen LogP contribution in [0.2, 0.25) is 0 Å². The molecule has 1 aliphatic rings. The van der Waals surface area contributed by atoms with Crippen LogP contribution in [0.5, 0.6) is 0 Å². The van der Waals surface area contributed by atoms with E-state index in [2.05, 4.69) is 25.2 Å². The van der Waals surface area contributed by atoms with Crippen molar-refractivity contribution in [2.45, 2.75) is 71.6 Å². The third-order valence-electron chi connectivity index (χ3n) is 4.10. The third kappa shape index (κ3) is 5.22. The lowest BCUT2D eigenvalue weighted by atomic mass is 9.81. The molecule has 0 spiro atoms. The van der Waals surface area contributed by atoms with E-state index in [1.165, 1.54) is 6.42 Å². The van der Waals surface area contributed by atoms with Crippen LogP contribution in [0, 0.1) is 22.7 Å². The highest BCUT2D eigenvalue weighted by molar-refractivity contribution is 5.85. The second kappa shape index (κ2) is 8.19. The molecule has 1 rings (SSSR count). The number of carbonyl (C=O) groups excluding carboxylic acids is 1. The molecule has 0 unspecified atom stereocenters. The summed E-state index contributed by atoms with van der Waals surface area (Å²) in [6.07, 6.45) is 9.18. The lowest BCUT2D eigenvalue weighted by Crippen LogP contribution is -2.40. The quantitative estimate of drug-likeness (QED) is 0.586. The summed E-state index contributed by atoms with van der Waals surface area (Å²) in [7, 11) is 0. The van der Waals surface area contributed by atoms with E-state index in [1.54, 1.807) is 0 Å². The predicted molar refractivity (Wildman–Crippen MR) is 77.4 cm³/mol. The molecule has 0 bridgehead atoms. The van der Waals surface area contributed by atoms with Gasteiger partial charge in [-0.15, -0.1) is 0 Å². The topological polar surface area (TPSA) is 52.9 Å². The van der Waals surface area contributed by atoms with Gasteiger partial charge in [-0.2, -0.15) is 5.26 Å². The Hall–Kier alpha value is -1.04. The van der Waals surface area contributed by atoms with Crippen molar-refractivity contribution in [2.75, 3.05) is 6.54 Å². The maximum atomic E-state index is 12.3. The zero-order valence-electron chi connectivity index (χ0n) is 12.5. The fourth-order valence-corrected chi connectivity index (χ4v) is 2.77. The molecular weight excluding hydrogens is 236 g/mol. The average molecular weight is 264 g/mol. The van der Waals surface area contributed by atoms with Crippen molar-refractivity contribution in [1.82, 2.24) is 5.32 Å². The molecule has 3 heteroatoms. The fourth-order valence-electron chi connectivity index (χ4n) is 2.77. The Kier molecular flexibility index (Phi) is 6.91. The molecule has 0 aromatic carbocycles. The van der Waals surface area contributed by atoms with Gasteiger partial charge in [0.2, 0.25) is 5.91 Å². The van der Waals surface area contributed by atoms with E-state index in [9.17, 15) is 10.1 Å². The van der Waals surface area contributed by atoms with Gasteiger partial charge in [0.1, 0.15) is 5.41 Å². The predicted octanol–water partition coefficient (Wildman–Crippen LogP) is 3.79. The number of nitrogens with one attached hydrogen (secondary N) is 1. The van der Waals surface area contributed by atoms with Crippen molar-refractivity contribution in [3.05, 3.63) is 0 Å². The Morgan fingerprint density at radius 2 is 1.84 bits per heavy atom. The number of hydrogen-bond donors (Lipinski definition) is 1. The molecule has 1 fully saturated rings. The number of amides is 1. The van der Waals surface area contributed by atoms with Crippen LogP contribution < -0.4 is 5.32 Å². The standard InChI is InChI=1S/C16H28N2O/c1-14(2)9-5-8-12-18-15(19)16(13-17)10-6-3-4-7-11-16/h14H,3-12H2,1-2H3,(H,18,19). The van der Waals surface area contributed by atoms with Crippen LogP contribution in [0.4, 0.5) is 0 Å². The van der Waals surface area contributed by atoms with E-state index in [-0.39, 0.29) is 5.91 Å². The van der Waals surface area contributed by atoms with Gasteiger partial charge in [-0.05, 0) is 25.2 Å². The van der Waals surface area contributed by atoms with Crippen LogP contribution >= 0.6 is 0 Å². The summed E-state index contributed by atoms with van der Waals surface area (Å²) in [5.41, 5.74) is -0.742. The first-order valence-corrected chi connectivity index (χ1v) is 7.80. The highest BCUT2D eigenvalue weighted by Crippen LogP contribution is 2.34. The second-order valence-electron chi connectivity index (χ2n) is 6.25. The second-order valence-corrected chi connectivity index (χ2v) is 6.25. The monoisotopic (exact) mass is 264 g/mol. The summed E-state index contributed by atoms with van der Waals surface area (Å²) in [6.45, 7) is 5.15. The van der Waals surface area contributed by atoms with Gasteiger partial charge in [-0.25, -0.2) is 0 Å². The normalized spacial score (nSPS) is 18.6. The highest BCUT2D eigenvalue weighted by atomic mass is 16.2. The van der Waals surface area contributed by atoms with Gasteiger partial charge in [0.15, 0.2) is 0 Å². The third-order valence-corrected chi connectivity index (χ3v) is 4.10. The lowest BCUT2D eigenvalue weighted by molar-refractivity contribution is -0.128. The first kappa shape index (κ1) is 16.0. The molecule has 0 saturated heterocycles. The summed E-state index contributed by atoms with van der Waals surface area (Å²) in [5.74, 6) is 0.699. The van der Waals surface area contributed by atoms with Crippen LogP contribution in [0.15, 0.2) is 0 Å². The van der Waals surface area contributed by atoms with Crippen LogP contribution in [0.25, 0.3) is 0 Å². The number of hydrogen-bond acceptors (Lipinski definition) is 2. The van der Waals surface area contributed by atoms with Crippen molar-refractivity contribution in [3.8, 4) is 6.07 Å². The first-order valence-electron chi connectivity index (χ1n) is 7.80. The van der Waals surface area contributed by atoms with Gasteiger partial charge in [0.05, 0.1) is 6.07 Å². The molecule has 1 N–H and O–H groups in total. The van der Waals surface area contributed by atoms with Gasteiger partial charge in [0.25, 0.3) is 0 Å². The highest BCUT2D eigenvalue weighted by Gasteiger charge is 2.38. The summed E-state index contributed by atoms with van der Waals surface area (Å²) in [5, 5.41) is 12.4. The van der Waals surface area contributed by atoms with E-state index < -0.39 is 5.41 Å². The Morgan fingerprint density at radius 3 is 2.37 bits per heavy atom. The van der Waals surface area contributed by atoms with Crippen LogP contribution in [0.1, 0.15) is 71.6 Å². The molecule has 0 aromatic heterocycles. The minimum atomic E-state index is -0.742. The number of rotatable bonds is 6. The minimum absolute atomic E-state index is 0.0264. The van der Waals surface area contributed by atoms with Crippen LogP contribution in [0.3, 0.4) is 0 Å². The maximum absolute atomic E-state index is 12.3. The van der Waals surface area contributed by atoms with E-state index >= 15 is 0 Å². The van der Waals surface area contributed by atoms with Crippen molar-refractivity contribution >= 4 is 5.91 Å². The molecule has 1 saturated carbocycles. The summed E-state index contributed by atoms with van der Waals surface area (Å²) >= 11 is 0. The summed E-state index contributed by atoms with van der Waals surface area (Å²) in [6, 6.07) is 2.30. The summed E-state index contributed by atoms with van der Waals surface area (Å²) < 4.78 is 0. The average Bonchev–Trinajstić information content (AvgIpc) is 2.64. The smallest absolute Gasteiger partial charge is 0.240 e. The number of unbranched alkanes of at least 4 members (excludes halogenated alkanes) is 1. The largest absolute Gasteiger partial charge is 0.355 e. The van der Waals surface area contributed by atoms with Crippen molar-refractivity contribution < 1.29 is 4.79 Å². The molecule has 1 aliphatic carbocycles. The van der Waals surface area contributed by atoms with Gasteiger partial charge < -0.3 is 5.32 Å². The van der Waals surface area contributed by atoms with Crippen molar-refractivity contribution in [1.29, 1.82) is 5.26 Å². The Morgan fingerprint density at radius 1 is 1.21 bits per heavy atom. The molecule has 19 heavy (non-hydrogen) atoms. The van der Waals surface area contributed by atoms with Gasteiger partial charge in [-0.1, -0.05) is 52.4 Å². The van der Waals surface area contributed by atoms with E-state index in [0.29, 0.717) is 0 Å². The maximum Gasteiger partial charge on any atom is 0.240 e. The fraction of sp³-hybridized carbons (Fsp3) is 0.875. The van der Waals surface area contributed by atoms with Gasteiger partial charge >= 0.3 is 0 Å². The molecule has 0 radical (unpaired) electrons. The van der Waals surface area contributed by atoms with Crippen LogP contribution in [-0.2, 0) is 4.79 Å². The van der Waals surface area contributed by atoms with Gasteiger partial charge in [0, 0.05) is 6.54 Å². The minimum Gasteiger partial charge on any atom is -0.355 e. The molecule has 0 aliphatic heterocycles. The van der Waals surface area contributed by atoms with E-state index in [1.807, 2.05) is 0 Å². The van der Waals surface area contributed by atoms with Crippen molar-refractivity contribution in [3.63, 3.8) is 0 Å². The van der Waals surface area contributed by atoms with E-state index in [4.69, 9.17) is 0 Å². The number of carbonyl (C=O) groups is 1. The van der Waals surface area contributed by atoms with Crippen molar-refractivity contribution in [2.24, 2.45) is 11.3 Å². The molecule has 0 heterocycles. The first-order chi connectivity index (χ1) is 9.10. The summed E-state index contributed by atoms with van der Waals surface area (Å²) in [4.78, 5) is 12.3. The van der Waals surface area contributed by atoms with Gasteiger partial charge in [-0.3, -0.25) is 4.79 Å². The number of nitriles is 1. The molecule has 0 aromatic rings. The van der Waals surface area contributed by atoms with E-state index in [0.717, 1.165) is 63.8 Å². The Balaban J connectivity index is 2.35. The SMILES string of the molecule is CC(C)CCCCNC(=O)C1(C#N)CCCCCC1. The van der Waals surface area contributed by atoms with Crippen LogP contribution in [-0.4, -0.2) is 12.5 Å². The molecule has 3 nitrogen and oxygen atoms in total. The molecular formula is C16H28N2O. The molecule has 1 amide bonds.